The van der Waals surface area contributed by atoms with Gasteiger partial charge in [-0.2, -0.15) is 0 Å². The van der Waals surface area contributed by atoms with Crippen LogP contribution in [0.3, 0.4) is 0 Å². The van der Waals surface area contributed by atoms with Crippen LogP contribution in [0.2, 0.25) is 0 Å². The summed E-state index contributed by atoms with van der Waals surface area (Å²) in [6, 6.07) is 8.52. The van der Waals surface area contributed by atoms with Crippen LogP contribution in [0.25, 0.3) is 0 Å². The van der Waals surface area contributed by atoms with Gasteiger partial charge in [0.05, 0.1) is 11.3 Å². The average Bonchev–Trinajstić information content (AvgIpc) is 2.35. The highest BCUT2D eigenvalue weighted by atomic mass is 32.2. The van der Waals surface area contributed by atoms with Crippen LogP contribution in [0.4, 0.5) is 0 Å². The number of sulfone groups is 1. The number of hydrogen-bond donors (Lipinski definition) is 0. The van der Waals surface area contributed by atoms with Crippen LogP contribution in [0.1, 0.15) is 17.3 Å². The van der Waals surface area contributed by atoms with Crippen molar-refractivity contribution in [2.24, 2.45) is 0 Å². The zero-order chi connectivity index (χ0) is 12.7. The Labute approximate surface area is 101 Å². The molecule has 1 rings (SSSR count). The smallest absolute Gasteiger partial charge is 0.338 e. The van der Waals surface area contributed by atoms with Crippen molar-refractivity contribution in [1.29, 1.82) is 0 Å². The van der Waals surface area contributed by atoms with Gasteiger partial charge < -0.3 is 4.74 Å². The van der Waals surface area contributed by atoms with E-state index in [9.17, 15) is 13.2 Å². The van der Waals surface area contributed by atoms with Gasteiger partial charge in [0.1, 0.15) is 6.61 Å². The van der Waals surface area contributed by atoms with Gasteiger partial charge in [-0.1, -0.05) is 25.1 Å². The zero-order valence-corrected chi connectivity index (χ0v) is 10.3. The lowest BCUT2D eigenvalue weighted by molar-refractivity contribution is 0.0549. The van der Waals surface area contributed by atoms with E-state index in [1.54, 1.807) is 37.3 Å². The first kappa shape index (κ1) is 13.4. The molecule has 0 aliphatic carbocycles. The molecule has 0 amide bonds. The summed E-state index contributed by atoms with van der Waals surface area (Å²) in [6.07, 6.45) is 1.32. The van der Waals surface area contributed by atoms with Gasteiger partial charge >= 0.3 is 5.97 Å². The normalized spacial score (nSPS) is 11.6. The Hall–Kier alpha value is -1.62. The minimum absolute atomic E-state index is 0.0378. The second-order valence-corrected chi connectivity index (χ2v) is 5.46. The van der Waals surface area contributed by atoms with Crippen LogP contribution >= 0.6 is 0 Å². The number of benzene rings is 1. The molecule has 0 spiro atoms. The molecule has 4 nitrogen and oxygen atoms in total. The molecule has 0 aromatic heterocycles. The Kier molecular flexibility index (Phi) is 4.90. The van der Waals surface area contributed by atoms with Crippen LogP contribution in [-0.2, 0) is 14.6 Å². The third kappa shape index (κ3) is 4.82. The van der Waals surface area contributed by atoms with Crippen molar-refractivity contribution in [3.05, 3.63) is 47.4 Å². The van der Waals surface area contributed by atoms with E-state index < -0.39 is 15.8 Å². The highest BCUT2D eigenvalue weighted by Crippen LogP contribution is 2.01. The van der Waals surface area contributed by atoms with Crippen molar-refractivity contribution in [2.45, 2.75) is 6.92 Å². The lowest BCUT2D eigenvalue weighted by Crippen LogP contribution is -2.05. The summed E-state index contributed by atoms with van der Waals surface area (Å²) in [5, 5.41) is 1.06. The average molecular weight is 254 g/mol. The van der Waals surface area contributed by atoms with E-state index in [0.29, 0.717) is 5.56 Å². The molecule has 0 saturated heterocycles. The Balaban J connectivity index is 2.46. The molecule has 92 valence electrons. The van der Waals surface area contributed by atoms with E-state index in [0.717, 1.165) is 5.41 Å². The van der Waals surface area contributed by atoms with Crippen LogP contribution in [0.5, 0.6) is 0 Å². The monoisotopic (exact) mass is 254 g/mol. The van der Waals surface area contributed by atoms with Crippen LogP contribution in [0.15, 0.2) is 41.8 Å². The summed E-state index contributed by atoms with van der Waals surface area (Å²) in [7, 11) is -3.15. The number of rotatable bonds is 5. The van der Waals surface area contributed by atoms with Crippen molar-refractivity contribution in [2.75, 3.05) is 12.4 Å². The summed E-state index contributed by atoms with van der Waals surface area (Å²) in [5.74, 6) is -0.431. The number of carbonyl (C=O) groups is 1. The van der Waals surface area contributed by atoms with Crippen LogP contribution in [-0.4, -0.2) is 26.7 Å². The molecule has 0 saturated carbocycles. The highest BCUT2D eigenvalue weighted by molar-refractivity contribution is 7.94. The molecular weight excluding hydrogens is 240 g/mol. The fraction of sp³-hybridized carbons (Fsp3) is 0.250. The summed E-state index contributed by atoms with van der Waals surface area (Å²) >= 11 is 0. The van der Waals surface area contributed by atoms with Gasteiger partial charge in [0.15, 0.2) is 9.84 Å². The zero-order valence-electron chi connectivity index (χ0n) is 9.50. The Bertz CT molecular complexity index is 488. The van der Waals surface area contributed by atoms with Crippen molar-refractivity contribution in [3.8, 4) is 0 Å². The first-order valence-corrected chi connectivity index (χ1v) is 6.88. The summed E-state index contributed by atoms with van der Waals surface area (Å²) in [5.41, 5.74) is 0.444. The molecule has 0 radical (unpaired) electrons. The van der Waals surface area contributed by atoms with Crippen molar-refractivity contribution < 1.29 is 17.9 Å². The van der Waals surface area contributed by atoms with Crippen molar-refractivity contribution >= 4 is 15.8 Å². The maximum absolute atomic E-state index is 11.4. The SMILES string of the molecule is CCS(=O)(=O)C=CCOC(=O)c1ccccc1. The van der Waals surface area contributed by atoms with Gasteiger partial charge in [0.25, 0.3) is 0 Å². The largest absolute Gasteiger partial charge is 0.458 e. The Morgan fingerprint density at radius 2 is 1.94 bits per heavy atom. The fourth-order valence-corrected chi connectivity index (χ4v) is 1.63. The standard InChI is InChI=1S/C12H14O4S/c1-2-17(14,15)10-6-9-16-12(13)11-7-4-3-5-8-11/h3-8,10H,2,9H2,1H3. The predicted octanol–water partition coefficient (Wildman–Crippen LogP) is 1.79. The third-order valence-corrected chi connectivity index (χ3v) is 3.44. The summed E-state index contributed by atoms with van der Waals surface area (Å²) < 4.78 is 27.1. The van der Waals surface area contributed by atoms with E-state index in [2.05, 4.69) is 0 Å². The van der Waals surface area contributed by atoms with Gasteiger partial charge in [-0.25, -0.2) is 13.2 Å². The van der Waals surface area contributed by atoms with Crippen molar-refractivity contribution in [1.82, 2.24) is 0 Å². The lowest BCUT2D eigenvalue weighted by Gasteiger charge is -2.00. The van der Waals surface area contributed by atoms with Gasteiger partial charge in [-0.3, -0.25) is 0 Å². The molecule has 0 aliphatic rings. The molecule has 5 heteroatoms. The molecule has 1 aromatic carbocycles. The number of hydrogen-bond acceptors (Lipinski definition) is 4. The number of ether oxygens (including phenoxy) is 1. The van der Waals surface area contributed by atoms with Gasteiger partial charge in [-0.05, 0) is 18.2 Å². The topological polar surface area (TPSA) is 60.4 Å². The minimum atomic E-state index is -3.15. The van der Waals surface area contributed by atoms with Gasteiger partial charge in [0.2, 0.25) is 0 Å². The number of carbonyl (C=O) groups excluding carboxylic acids is 1. The third-order valence-electron chi connectivity index (χ3n) is 2.03. The quantitative estimate of drug-likeness (QED) is 0.752. The van der Waals surface area contributed by atoms with E-state index in [4.69, 9.17) is 4.74 Å². The molecule has 0 bridgehead atoms. The van der Waals surface area contributed by atoms with E-state index >= 15 is 0 Å². The highest BCUT2D eigenvalue weighted by Gasteiger charge is 2.04. The molecular formula is C12H14O4S. The molecule has 0 aliphatic heterocycles. The van der Waals surface area contributed by atoms with Gasteiger partial charge in [0, 0.05) is 5.41 Å². The maximum Gasteiger partial charge on any atom is 0.338 e. The molecule has 1 aromatic rings. The first-order chi connectivity index (χ1) is 8.05. The molecule has 0 atom stereocenters. The summed E-state index contributed by atoms with van der Waals surface area (Å²) in [4.78, 5) is 11.4. The maximum atomic E-state index is 11.4. The van der Waals surface area contributed by atoms with E-state index in [-0.39, 0.29) is 12.4 Å². The second kappa shape index (κ2) is 6.20. The molecule has 0 heterocycles. The van der Waals surface area contributed by atoms with Crippen LogP contribution < -0.4 is 0 Å². The van der Waals surface area contributed by atoms with Gasteiger partial charge in [-0.15, -0.1) is 0 Å². The lowest BCUT2D eigenvalue weighted by atomic mass is 10.2. The molecule has 17 heavy (non-hydrogen) atoms. The summed E-state index contributed by atoms with van der Waals surface area (Å²) in [6.45, 7) is 1.50. The second-order valence-electron chi connectivity index (χ2n) is 3.29. The minimum Gasteiger partial charge on any atom is -0.458 e. The molecule has 0 fully saturated rings. The van der Waals surface area contributed by atoms with E-state index in [1.807, 2.05) is 0 Å². The number of esters is 1. The van der Waals surface area contributed by atoms with Crippen LogP contribution in [0, 0.1) is 0 Å². The Morgan fingerprint density at radius 3 is 2.53 bits per heavy atom. The fourth-order valence-electron chi connectivity index (χ4n) is 1.06. The molecule has 0 N–H and O–H groups in total. The predicted molar refractivity (Wildman–Crippen MR) is 65.3 cm³/mol. The first-order valence-electron chi connectivity index (χ1n) is 5.16. The Morgan fingerprint density at radius 1 is 1.29 bits per heavy atom. The molecule has 0 unspecified atom stereocenters. The van der Waals surface area contributed by atoms with E-state index in [1.165, 1.54) is 6.08 Å². The van der Waals surface area contributed by atoms with Crippen molar-refractivity contribution in [3.63, 3.8) is 0 Å².